The third-order valence-electron chi connectivity index (χ3n) is 4.08. The van der Waals surface area contributed by atoms with Crippen LogP contribution in [0.1, 0.15) is 34.9 Å². The summed E-state index contributed by atoms with van der Waals surface area (Å²) in [5.41, 5.74) is 2.02. The number of hydrogen-bond donors (Lipinski definition) is 0. The molecule has 1 unspecified atom stereocenters. The first-order valence-corrected chi connectivity index (χ1v) is 9.28. The van der Waals surface area contributed by atoms with Crippen LogP contribution >= 0.6 is 55.1 Å². The maximum absolute atomic E-state index is 12.9. The lowest BCUT2D eigenvalue weighted by Gasteiger charge is -2.13. The SMILES string of the molecule is Cc1nn(-c2c(Cl)cc(C(F)(F)F)cc2Cl)c(C)c1C1CC1(Br)Br. The van der Waals surface area contributed by atoms with Gasteiger partial charge < -0.3 is 0 Å². The van der Waals surface area contributed by atoms with E-state index in [-0.39, 0.29) is 24.9 Å². The van der Waals surface area contributed by atoms with Crippen molar-refractivity contribution in [3.8, 4) is 5.69 Å². The summed E-state index contributed by atoms with van der Waals surface area (Å²) >= 11 is 19.4. The molecule has 0 bridgehead atoms. The molecule has 9 heteroatoms. The predicted octanol–water partition coefficient (Wildman–Crippen LogP) is 6.79. The van der Waals surface area contributed by atoms with Gasteiger partial charge in [0.25, 0.3) is 0 Å². The number of halogens is 7. The fourth-order valence-electron chi connectivity index (χ4n) is 2.83. The summed E-state index contributed by atoms with van der Waals surface area (Å²) in [5.74, 6) is 0.234. The lowest BCUT2D eigenvalue weighted by Crippen LogP contribution is -2.08. The Morgan fingerprint density at radius 1 is 1.21 bits per heavy atom. The maximum atomic E-state index is 12.9. The summed E-state index contributed by atoms with van der Waals surface area (Å²) in [6.45, 7) is 3.72. The van der Waals surface area contributed by atoms with E-state index in [0.29, 0.717) is 0 Å². The van der Waals surface area contributed by atoms with Crippen molar-refractivity contribution in [3.05, 3.63) is 44.7 Å². The first-order valence-electron chi connectivity index (χ1n) is 6.94. The van der Waals surface area contributed by atoms with Gasteiger partial charge in [0.2, 0.25) is 0 Å². The molecule has 0 radical (unpaired) electrons. The summed E-state index contributed by atoms with van der Waals surface area (Å²) in [4.78, 5) is 0. The number of nitrogens with zero attached hydrogens (tertiary/aromatic N) is 2. The number of hydrogen-bond acceptors (Lipinski definition) is 1. The largest absolute Gasteiger partial charge is 0.416 e. The van der Waals surface area contributed by atoms with Gasteiger partial charge in [0.1, 0.15) is 5.69 Å². The molecular formula is C15H11Br2Cl2F3N2. The number of aryl methyl sites for hydroxylation is 1. The van der Waals surface area contributed by atoms with Crippen molar-refractivity contribution in [3.63, 3.8) is 0 Å². The molecule has 0 aliphatic heterocycles. The molecule has 2 nitrogen and oxygen atoms in total. The molecule has 130 valence electrons. The van der Waals surface area contributed by atoms with Gasteiger partial charge in [-0.25, -0.2) is 4.68 Å². The van der Waals surface area contributed by atoms with Crippen molar-refractivity contribution < 1.29 is 13.2 Å². The third-order valence-corrected chi connectivity index (χ3v) is 6.41. The average molecular weight is 507 g/mol. The minimum atomic E-state index is -4.51. The molecule has 0 amide bonds. The second-order valence-corrected chi connectivity index (χ2v) is 10.5. The number of alkyl halides is 5. The summed E-state index contributed by atoms with van der Waals surface area (Å²) in [6, 6.07) is 1.74. The number of aromatic nitrogens is 2. The van der Waals surface area contributed by atoms with E-state index in [9.17, 15) is 13.2 Å². The number of rotatable bonds is 2. The first kappa shape index (κ1) is 18.5. The van der Waals surface area contributed by atoms with Crippen LogP contribution in [-0.2, 0) is 6.18 Å². The minimum absolute atomic E-state index is 0.0910. The molecule has 1 aliphatic carbocycles. The Kier molecular flexibility index (Phi) is 4.56. The van der Waals surface area contributed by atoms with Crippen LogP contribution in [-0.4, -0.2) is 13.0 Å². The standard InChI is InChI=1S/C15H11Br2Cl2F3N2/c1-6-12(9-5-14(9,16)17)7(2)24(23-6)13-10(18)3-8(4-11(13)19)15(20,21)22/h3-4,9H,5H2,1-2H3. The molecule has 3 rings (SSSR count). The summed E-state index contributed by atoms with van der Waals surface area (Å²) in [6.07, 6.45) is -3.61. The molecule has 1 heterocycles. The Balaban J connectivity index is 2.13. The highest BCUT2D eigenvalue weighted by Crippen LogP contribution is 2.63. The zero-order chi connectivity index (χ0) is 18.0. The van der Waals surface area contributed by atoms with Crippen molar-refractivity contribution >= 4 is 55.1 Å². The molecule has 24 heavy (non-hydrogen) atoms. The van der Waals surface area contributed by atoms with Crippen LogP contribution in [0.5, 0.6) is 0 Å². The van der Waals surface area contributed by atoms with Crippen molar-refractivity contribution in [1.82, 2.24) is 9.78 Å². The molecule has 1 aromatic carbocycles. The van der Waals surface area contributed by atoms with Gasteiger partial charge >= 0.3 is 6.18 Å². The highest BCUT2D eigenvalue weighted by molar-refractivity contribution is 9.25. The van der Waals surface area contributed by atoms with E-state index in [1.807, 2.05) is 13.8 Å². The highest BCUT2D eigenvalue weighted by Gasteiger charge is 2.53. The Bertz CT molecular complexity index is 808. The fourth-order valence-corrected chi connectivity index (χ4v) is 4.59. The van der Waals surface area contributed by atoms with Gasteiger partial charge in [-0.05, 0) is 32.4 Å². The molecule has 1 atom stereocenters. The number of benzene rings is 1. The molecule has 1 fully saturated rings. The van der Waals surface area contributed by atoms with E-state index >= 15 is 0 Å². The summed E-state index contributed by atoms with van der Waals surface area (Å²) < 4.78 is 40.0. The van der Waals surface area contributed by atoms with E-state index in [1.165, 1.54) is 4.68 Å². The Morgan fingerprint density at radius 3 is 2.12 bits per heavy atom. The smallest absolute Gasteiger partial charge is 0.235 e. The molecule has 1 aromatic heterocycles. The molecule has 0 spiro atoms. The van der Waals surface area contributed by atoms with E-state index in [4.69, 9.17) is 23.2 Å². The summed E-state index contributed by atoms with van der Waals surface area (Å²) in [5, 5.41) is 4.26. The maximum Gasteiger partial charge on any atom is 0.416 e. The molecule has 1 saturated carbocycles. The van der Waals surface area contributed by atoms with Crippen LogP contribution in [0.2, 0.25) is 10.0 Å². The molecule has 0 saturated heterocycles. The zero-order valence-corrected chi connectivity index (χ0v) is 17.2. The summed E-state index contributed by atoms with van der Waals surface area (Å²) in [7, 11) is 0. The second-order valence-electron chi connectivity index (χ2n) is 5.80. The minimum Gasteiger partial charge on any atom is -0.235 e. The first-order chi connectivity index (χ1) is 10.9. The topological polar surface area (TPSA) is 17.8 Å². The third kappa shape index (κ3) is 3.13. The van der Waals surface area contributed by atoms with Gasteiger partial charge in [0.05, 0.1) is 24.5 Å². The van der Waals surface area contributed by atoms with Crippen molar-refractivity contribution in [2.45, 2.75) is 35.6 Å². The van der Waals surface area contributed by atoms with Gasteiger partial charge in [-0.3, -0.25) is 0 Å². The van der Waals surface area contributed by atoms with Crippen molar-refractivity contribution in [2.75, 3.05) is 0 Å². The van der Waals surface area contributed by atoms with Crippen LogP contribution in [0.4, 0.5) is 13.2 Å². The van der Waals surface area contributed by atoms with Gasteiger partial charge in [-0.15, -0.1) is 0 Å². The Labute approximate surface area is 163 Å². The average Bonchev–Trinajstić information content (AvgIpc) is 2.93. The Hall–Kier alpha value is -0.240. The van der Waals surface area contributed by atoms with Crippen LogP contribution in [0.3, 0.4) is 0 Å². The van der Waals surface area contributed by atoms with E-state index < -0.39 is 11.7 Å². The second kappa shape index (κ2) is 5.89. The molecular weight excluding hydrogens is 496 g/mol. The van der Waals surface area contributed by atoms with E-state index in [1.54, 1.807) is 0 Å². The van der Waals surface area contributed by atoms with Gasteiger partial charge in [0.15, 0.2) is 0 Å². The highest BCUT2D eigenvalue weighted by atomic mass is 79.9. The van der Waals surface area contributed by atoms with E-state index in [2.05, 4.69) is 37.0 Å². The monoisotopic (exact) mass is 504 g/mol. The molecule has 2 aromatic rings. The van der Waals surface area contributed by atoms with Crippen molar-refractivity contribution in [1.29, 1.82) is 0 Å². The van der Waals surface area contributed by atoms with Crippen LogP contribution in [0.25, 0.3) is 5.69 Å². The predicted molar refractivity (Wildman–Crippen MR) is 96.0 cm³/mol. The van der Waals surface area contributed by atoms with Crippen LogP contribution in [0, 0.1) is 13.8 Å². The van der Waals surface area contributed by atoms with Crippen LogP contribution in [0.15, 0.2) is 12.1 Å². The Morgan fingerprint density at radius 2 is 1.71 bits per heavy atom. The van der Waals surface area contributed by atoms with Gasteiger partial charge in [-0.2, -0.15) is 18.3 Å². The zero-order valence-electron chi connectivity index (χ0n) is 12.5. The van der Waals surface area contributed by atoms with Crippen molar-refractivity contribution in [2.24, 2.45) is 0 Å². The lowest BCUT2D eigenvalue weighted by molar-refractivity contribution is -0.137. The fraction of sp³-hybridized carbons (Fsp3) is 0.400. The van der Waals surface area contributed by atoms with E-state index in [0.717, 1.165) is 35.5 Å². The van der Waals surface area contributed by atoms with Gasteiger partial charge in [-0.1, -0.05) is 55.1 Å². The molecule has 1 aliphatic rings. The lowest BCUT2D eigenvalue weighted by atomic mass is 10.1. The normalized spacial score (nSPS) is 19.6. The quantitative estimate of drug-likeness (QED) is 0.410. The van der Waals surface area contributed by atoms with Gasteiger partial charge in [0, 0.05) is 17.2 Å². The molecule has 0 N–H and O–H groups in total. The van der Waals surface area contributed by atoms with Crippen LogP contribution < -0.4 is 0 Å².